The lowest BCUT2D eigenvalue weighted by Crippen LogP contribution is -2.53. The highest BCUT2D eigenvalue weighted by atomic mass is 16.5. The van der Waals surface area contributed by atoms with Crippen LogP contribution in [-0.2, 0) is 9.53 Å². The first-order valence-electron chi connectivity index (χ1n) is 7.44. The zero-order valence-corrected chi connectivity index (χ0v) is 12.2. The van der Waals surface area contributed by atoms with Crippen LogP contribution in [0.1, 0.15) is 33.1 Å². The van der Waals surface area contributed by atoms with Gasteiger partial charge in [-0.3, -0.25) is 9.69 Å². The molecule has 2 aliphatic heterocycles. The van der Waals surface area contributed by atoms with Crippen molar-refractivity contribution in [3.8, 4) is 0 Å². The number of rotatable bonds is 4. The summed E-state index contributed by atoms with van der Waals surface area (Å²) in [6.07, 6.45) is 2.76. The van der Waals surface area contributed by atoms with Gasteiger partial charge in [-0.05, 0) is 19.8 Å². The number of nitrogens with two attached hydrogens (primary N) is 1. The van der Waals surface area contributed by atoms with Crippen molar-refractivity contribution in [3.63, 3.8) is 0 Å². The van der Waals surface area contributed by atoms with Gasteiger partial charge in [-0.1, -0.05) is 13.3 Å². The zero-order chi connectivity index (χ0) is 13.9. The van der Waals surface area contributed by atoms with Gasteiger partial charge < -0.3 is 15.4 Å². The van der Waals surface area contributed by atoms with Gasteiger partial charge in [0, 0.05) is 32.2 Å². The van der Waals surface area contributed by atoms with Gasteiger partial charge in [0.1, 0.15) is 0 Å². The topological polar surface area (TPSA) is 58.8 Å². The van der Waals surface area contributed by atoms with E-state index < -0.39 is 5.54 Å². The average Bonchev–Trinajstić information content (AvgIpc) is 2.88. The SMILES string of the molecule is CCCC(C)(N)C(=O)N1CCC(N2CCOCC2)C1. The van der Waals surface area contributed by atoms with Crippen molar-refractivity contribution in [1.29, 1.82) is 0 Å². The molecule has 2 rings (SSSR count). The minimum Gasteiger partial charge on any atom is -0.379 e. The number of carbonyl (C=O) groups excluding carboxylic acids is 1. The molecule has 19 heavy (non-hydrogen) atoms. The predicted octanol–water partition coefficient (Wildman–Crippen LogP) is 0.437. The fraction of sp³-hybridized carbons (Fsp3) is 0.929. The molecule has 5 nitrogen and oxygen atoms in total. The Morgan fingerprint density at radius 3 is 2.68 bits per heavy atom. The average molecular weight is 269 g/mol. The second-order valence-corrected chi connectivity index (χ2v) is 6.01. The van der Waals surface area contributed by atoms with Crippen molar-refractivity contribution in [3.05, 3.63) is 0 Å². The van der Waals surface area contributed by atoms with Gasteiger partial charge in [0.05, 0.1) is 18.8 Å². The maximum absolute atomic E-state index is 12.4. The second kappa shape index (κ2) is 6.20. The molecule has 0 aromatic rings. The van der Waals surface area contributed by atoms with E-state index in [1.807, 2.05) is 11.8 Å². The molecular formula is C14H27N3O2. The number of hydrogen-bond acceptors (Lipinski definition) is 4. The lowest BCUT2D eigenvalue weighted by molar-refractivity contribution is -0.135. The van der Waals surface area contributed by atoms with Crippen molar-refractivity contribution in [2.45, 2.75) is 44.7 Å². The van der Waals surface area contributed by atoms with Crippen LogP contribution in [-0.4, -0.2) is 66.7 Å². The molecule has 2 saturated heterocycles. The zero-order valence-electron chi connectivity index (χ0n) is 12.2. The maximum atomic E-state index is 12.4. The lowest BCUT2D eigenvalue weighted by Gasteiger charge is -2.33. The molecule has 2 N–H and O–H groups in total. The van der Waals surface area contributed by atoms with E-state index in [0.717, 1.165) is 58.7 Å². The van der Waals surface area contributed by atoms with Gasteiger partial charge in [0.25, 0.3) is 0 Å². The Balaban J connectivity index is 1.88. The van der Waals surface area contributed by atoms with Crippen LogP contribution in [0.2, 0.25) is 0 Å². The summed E-state index contributed by atoms with van der Waals surface area (Å²) in [5.74, 6) is 0.116. The van der Waals surface area contributed by atoms with Crippen LogP contribution in [0.25, 0.3) is 0 Å². The lowest BCUT2D eigenvalue weighted by atomic mass is 9.96. The van der Waals surface area contributed by atoms with E-state index in [0.29, 0.717) is 6.04 Å². The molecule has 2 aliphatic rings. The van der Waals surface area contributed by atoms with Crippen molar-refractivity contribution in [1.82, 2.24) is 9.80 Å². The van der Waals surface area contributed by atoms with Crippen molar-refractivity contribution < 1.29 is 9.53 Å². The molecule has 0 aliphatic carbocycles. The van der Waals surface area contributed by atoms with Crippen LogP contribution >= 0.6 is 0 Å². The standard InChI is InChI=1S/C14H27N3O2/c1-3-5-14(2,15)13(18)17-6-4-12(11-17)16-7-9-19-10-8-16/h12H,3-11,15H2,1-2H3. The Morgan fingerprint density at radius 2 is 2.05 bits per heavy atom. The van der Waals surface area contributed by atoms with Crippen LogP contribution in [0, 0.1) is 0 Å². The third-order valence-electron chi connectivity index (χ3n) is 4.27. The molecule has 1 amide bonds. The summed E-state index contributed by atoms with van der Waals surface area (Å²) in [7, 11) is 0. The van der Waals surface area contributed by atoms with E-state index in [1.165, 1.54) is 0 Å². The molecule has 2 fully saturated rings. The number of carbonyl (C=O) groups is 1. The van der Waals surface area contributed by atoms with Crippen molar-refractivity contribution in [2.24, 2.45) is 5.73 Å². The molecule has 0 aromatic heterocycles. The number of nitrogens with zero attached hydrogens (tertiary/aromatic N) is 2. The fourth-order valence-corrected chi connectivity index (χ4v) is 3.15. The van der Waals surface area contributed by atoms with Crippen molar-refractivity contribution in [2.75, 3.05) is 39.4 Å². The van der Waals surface area contributed by atoms with Gasteiger partial charge in [-0.25, -0.2) is 0 Å². The quantitative estimate of drug-likeness (QED) is 0.804. The normalized spacial score (nSPS) is 28.4. The van der Waals surface area contributed by atoms with E-state index in [2.05, 4.69) is 11.8 Å². The molecule has 2 heterocycles. The molecule has 110 valence electrons. The Morgan fingerprint density at radius 1 is 1.37 bits per heavy atom. The predicted molar refractivity (Wildman–Crippen MR) is 74.9 cm³/mol. The van der Waals surface area contributed by atoms with Crippen LogP contribution in [0.5, 0.6) is 0 Å². The third kappa shape index (κ3) is 3.46. The molecule has 0 saturated carbocycles. The Labute approximate surface area is 116 Å². The van der Waals surface area contributed by atoms with Crippen LogP contribution in [0.15, 0.2) is 0 Å². The number of ether oxygens (including phenoxy) is 1. The largest absolute Gasteiger partial charge is 0.379 e. The van der Waals surface area contributed by atoms with Gasteiger partial charge in [0.2, 0.25) is 5.91 Å². The first kappa shape index (κ1) is 14.8. The summed E-state index contributed by atoms with van der Waals surface area (Å²) < 4.78 is 5.38. The fourth-order valence-electron chi connectivity index (χ4n) is 3.15. The van der Waals surface area contributed by atoms with Gasteiger partial charge >= 0.3 is 0 Å². The van der Waals surface area contributed by atoms with Gasteiger partial charge in [-0.2, -0.15) is 0 Å². The summed E-state index contributed by atoms with van der Waals surface area (Å²) in [6.45, 7) is 9.21. The highest BCUT2D eigenvalue weighted by molar-refractivity contribution is 5.85. The Bertz CT molecular complexity index is 314. The summed E-state index contributed by atoms with van der Waals surface area (Å²) in [5, 5.41) is 0. The molecule has 5 heteroatoms. The van der Waals surface area contributed by atoms with E-state index in [-0.39, 0.29) is 5.91 Å². The molecule has 2 unspecified atom stereocenters. The molecule has 0 bridgehead atoms. The first-order valence-corrected chi connectivity index (χ1v) is 7.44. The third-order valence-corrected chi connectivity index (χ3v) is 4.27. The number of amides is 1. The molecule has 2 atom stereocenters. The molecule has 0 radical (unpaired) electrons. The van der Waals surface area contributed by atoms with Crippen LogP contribution < -0.4 is 5.73 Å². The highest BCUT2D eigenvalue weighted by Gasteiger charge is 2.37. The number of hydrogen-bond donors (Lipinski definition) is 1. The summed E-state index contributed by atoms with van der Waals surface area (Å²) in [5.41, 5.74) is 5.45. The van der Waals surface area contributed by atoms with Gasteiger partial charge in [0.15, 0.2) is 0 Å². The second-order valence-electron chi connectivity index (χ2n) is 6.01. The first-order chi connectivity index (χ1) is 9.04. The summed E-state index contributed by atoms with van der Waals surface area (Å²) in [6, 6.07) is 0.491. The van der Waals surface area contributed by atoms with E-state index in [1.54, 1.807) is 0 Å². The molecular weight excluding hydrogens is 242 g/mol. The monoisotopic (exact) mass is 269 g/mol. The Kier molecular flexibility index (Phi) is 4.81. The molecule has 0 spiro atoms. The summed E-state index contributed by atoms with van der Waals surface area (Å²) in [4.78, 5) is 16.8. The van der Waals surface area contributed by atoms with Gasteiger partial charge in [-0.15, -0.1) is 0 Å². The minimum absolute atomic E-state index is 0.116. The van der Waals surface area contributed by atoms with E-state index >= 15 is 0 Å². The van der Waals surface area contributed by atoms with Crippen LogP contribution in [0.4, 0.5) is 0 Å². The minimum atomic E-state index is -0.700. The van der Waals surface area contributed by atoms with E-state index in [9.17, 15) is 4.79 Å². The van der Waals surface area contributed by atoms with E-state index in [4.69, 9.17) is 10.5 Å². The smallest absolute Gasteiger partial charge is 0.242 e. The Hall–Kier alpha value is -0.650. The molecule has 0 aromatic carbocycles. The maximum Gasteiger partial charge on any atom is 0.242 e. The number of likely N-dealkylation sites (tertiary alicyclic amines) is 1. The number of morpholine rings is 1. The summed E-state index contributed by atoms with van der Waals surface area (Å²) >= 11 is 0. The van der Waals surface area contributed by atoms with Crippen molar-refractivity contribution >= 4 is 5.91 Å². The highest BCUT2D eigenvalue weighted by Crippen LogP contribution is 2.21. The van der Waals surface area contributed by atoms with Crippen LogP contribution in [0.3, 0.4) is 0 Å².